The zero-order chi connectivity index (χ0) is 13.5. The molecule has 1 aromatic heterocycles. The molecule has 0 saturated carbocycles. The highest BCUT2D eigenvalue weighted by molar-refractivity contribution is 5.86. The lowest BCUT2D eigenvalue weighted by atomic mass is 10.2. The number of aliphatic hydroxyl groups is 1. The molecule has 1 rings (SSSR count). The standard InChI is InChI=1S/C11H14F2O5/c1-16-11(15)9-3-2-8(18-9)7(14)4-5-17-6-10(12)13/h2-3,7,10,14H,4-6H2,1H3. The van der Waals surface area contributed by atoms with Crippen molar-refractivity contribution in [3.8, 4) is 0 Å². The zero-order valence-corrected chi connectivity index (χ0v) is 9.77. The smallest absolute Gasteiger partial charge is 0.373 e. The zero-order valence-electron chi connectivity index (χ0n) is 9.77. The first-order valence-corrected chi connectivity index (χ1v) is 5.26. The van der Waals surface area contributed by atoms with E-state index in [4.69, 9.17) is 4.42 Å². The van der Waals surface area contributed by atoms with Gasteiger partial charge in [-0.1, -0.05) is 0 Å². The van der Waals surface area contributed by atoms with E-state index in [-0.39, 0.29) is 24.5 Å². The summed E-state index contributed by atoms with van der Waals surface area (Å²) in [6, 6.07) is 2.79. The second-order valence-electron chi connectivity index (χ2n) is 3.46. The number of alkyl halides is 2. The lowest BCUT2D eigenvalue weighted by Gasteiger charge is -2.08. The van der Waals surface area contributed by atoms with Gasteiger partial charge in [-0.15, -0.1) is 0 Å². The second kappa shape index (κ2) is 7.07. The molecule has 0 saturated heterocycles. The first kappa shape index (κ1) is 14.6. The summed E-state index contributed by atoms with van der Waals surface area (Å²) >= 11 is 0. The lowest BCUT2D eigenvalue weighted by molar-refractivity contribution is 0.00236. The minimum absolute atomic E-state index is 0.0277. The molecule has 102 valence electrons. The first-order chi connectivity index (χ1) is 8.54. The number of ether oxygens (including phenoxy) is 2. The van der Waals surface area contributed by atoms with Gasteiger partial charge in [0, 0.05) is 13.0 Å². The molecule has 0 aliphatic carbocycles. The monoisotopic (exact) mass is 264 g/mol. The number of esters is 1. The Morgan fingerprint density at radius 1 is 1.50 bits per heavy atom. The van der Waals surface area contributed by atoms with E-state index in [1.165, 1.54) is 19.2 Å². The van der Waals surface area contributed by atoms with Gasteiger partial charge in [-0.2, -0.15) is 0 Å². The number of hydrogen-bond donors (Lipinski definition) is 1. The highest BCUT2D eigenvalue weighted by atomic mass is 19.3. The van der Waals surface area contributed by atoms with Gasteiger partial charge in [-0.25, -0.2) is 13.6 Å². The molecule has 0 amide bonds. The van der Waals surface area contributed by atoms with Crippen LogP contribution in [0.2, 0.25) is 0 Å². The topological polar surface area (TPSA) is 68.9 Å². The molecule has 1 heterocycles. The Labute approximate surface area is 102 Å². The number of halogens is 2. The van der Waals surface area contributed by atoms with Crippen LogP contribution in [-0.2, 0) is 9.47 Å². The van der Waals surface area contributed by atoms with Gasteiger partial charge in [-0.05, 0) is 12.1 Å². The molecule has 7 heteroatoms. The summed E-state index contributed by atoms with van der Waals surface area (Å²) in [7, 11) is 1.21. The predicted molar refractivity (Wildman–Crippen MR) is 56.4 cm³/mol. The minimum Gasteiger partial charge on any atom is -0.463 e. The maximum Gasteiger partial charge on any atom is 0.373 e. The van der Waals surface area contributed by atoms with Crippen LogP contribution in [-0.4, -0.2) is 37.8 Å². The van der Waals surface area contributed by atoms with Crippen LogP contribution in [0.3, 0.4) is 0 Å². The number of aliphatic hydroxyl groups excluding tert-OH is 1. The van der Waals surface area contributed by atoms with Crippen LogP contribution in [0.25, 0.3) is 0 Å². The molecule has 0 aliphatic heterocycles. The Bertz CT molecular complexity index is 377. The summed E-state index contributed by atoms with van der Waals surface area (Å²) in [5.41, 5.74) is 0. The molecule has 1 atom stereocenters. The fraction of sp³-hybridized carbons (Fsp3) is 0.545. The quantitative estimate of drug-likeness (QED) is 0.600. The summed E-state index contributed by atoms with van der Waals surface area (Å²) in [6.45, 7) is -0.696. The van der Waals surface area contributed by atoms with Gasteiger partial charge in [0.15, 0.2) is 0 Å². The van der Waals surface area contributed by atoms with Gasteiger partial charge in [0.25, 0.3) is 6.43 Å². The number of hydrogen-bond acceptors (Lipinski definition) is 5. The maximum absolute atomic E-state index is 11.8. The Kier molecular flexibility index (Phi) is 5.73. The Balaban J connectivity index is 2.39. The molecule has 0 radical (unpaired) electrons. The van der Waals surface area contributed by atoms with E-state index in [0.29, 0.717) is 0 Å². The SMILES string of the molecule is COC(=O)c1ccc(C(O)CCOCC(F)F)o1. The molecule has 1 unspecified atom stereocenters. The molecule has 0 aliphatic rings. The average molecular weight is 264 g/mol. The van der Waals surface area contributed by atoms with E-state index in [1.807, 2.05) is 0 Å². The van der Waals surface area contributed by atoms with E-state index >= 15 is 0 Å². The number of rotatable bonds is 7. The van der Waals surface area contributed by atoms with Gasteiger partial charge in [-0.3, -0.25) is 0 Å². The third-order valence-corrected chi connectivity index (χ3v) is 2.12. The third kappa shape index (κ3) is 4.42. The number of carbonyl (C=O) groups excluding carboxylic acids is 1. The van der Waals surface area contributed by atoms with Crippen LogP contribution in [0.4, 0.5) is 8.78 Å². The molecule has 0 aromatic carbocycles. The van der Waals surface area contributed by atoms with Gasteiger partial charge in [0.2, 0.25) is 5.76 Å². The average Bonchev–Trinajstić information content (AvgIpc) is 2.82. The highest BCUT2D eigenvalue weighted by Gasteiger charge is 2.16. The van der Waals surface area contributed by atoms with Gasteiger partial charge >= 0.3 is 5.97 Å². The van der Waals surface area contributed by atoms with E-state index in [2.05, 4.69) is 9.47 Å². The molecule has 1 aromatic rings. The maximum atomic E-state index is 11.8. The summed E-state index contributed by atoms with van der Waals surface area (Å²) in [6.07, 6.45) is -3.45. The lowest BCUT2D eigenvalue weighted by Crippen LogP contribution is -2.08. The molecule has 0 spiro atoms. The largest absolute Gasteiger partial charge is 0.463 e. The van der Waals surface area contributed by atoms with Crippen molar-refractivity contribution in [1.82, 2.24) is 0 Å². The van der Waals surface area contributed by atoms with Crippen molar-refractivity contribution >= 4 is 5.97 Å². The molecule has 18 heavy (non-hydrogen) atoms. The van der Waals surface area contributed by atoms with Gasteiger partial charge in [0.05, 0.1) is 7.11 Å². The fourth-order valence-electron chi connectivity index (χ4n) is 1.25. The van der Waals surface area contributed by atoms with Crippen molar-refractivity contribution in [1.29, 1.82) is 0 Å². The predicted octanol–water partition coefficient (Wildman–Crippen LogP) is 1.77. The molecule has 0 bridgehead atoms. The Morgan fingerprint density at radius 3 is 2.83 bits per heavy atom. The van der Waals surface area contributed by atoms with Gasteiger partial charge < -0.3 is 19.0 Å². The minimum atomic E-state index is -2.53. The molecule has 1 N–H and O–H groups in total. The number of methoxy groups -OCH3 is 1. The third-order valence-electron chi connectivity index (χ3n) is 2.12. The molecular weight excluding hydrogens is 250 g/mol. The van der Waals surface area contributed by atoms with Crippen molar-refractivity contribution in [2.45, 2.75) is 19.0 Å². The first-order valence-electron chi connectivity index (χ1n) is 5.26. The highest BCUT2D eigenvalue weighted by Crippen LogP contribution is 2.20. The van der Waals surface area contributed by atoms with E-state index in [0.717, 1.165) is 0 Å². The Morgan fingerprint density at radius 2 is 2.22 bits per heavy atom. The van der Waals surface area contributed by atoms with Crippen LogP contribution in [0.5, 0.6) is 0 Å². The van der Waals surface area contributed by atoms with Crippen molar-refractivity contribution < 1.29 is 32.6 Å². The number of furan rings is 1. The Hall–Kier alpha value is -1.47. The molecule has 0 fully saturated rings. The van der Waals surface area contributed by atoms with Crippen molar-refractivity contribution in [2.75, 3.05) is 20.3 Å². The summed E-state index contributed by atoms with van der Waals surface area (Å²) in [4.78, 5) is 11.1. The summed E-state index contributed by atoms with van der Waals surface area (Å²) < 4.78 is 37.6. The van der Waals surface area contributed by atoms with Crippen molar-refractivity contribution in [2.24, 2.45) is 0 Å². The molecular formula is C11H14F2O5. The van der Waals surface area contributed by atoms with Crippen molar-refractivity contribution in [3.05, 3.63) is 23.7 Å². The van der Waals surface area contributed by atoms with Crippen LogP contribution in [0.1, 0.15) is 28.8 Å². The van der Waals surface area contributed by atoms with E-state index < -0.39 is 25.1 Å². The van der Waals surface area contributed by atoms with Gasteiger partial charge in [0.1, 0.15) is 18.5 Å². The fourth-order valence-corrected chi connectivity index (χ4v) is 1.25. The second-order valence-corrected chi connectivity index (χ2v) is 3.46. The van der Waals surface area contributed by atoms with Crippen LogP contribution >= 0.6 is 0 Å². The molecule has 5 nitrogen and oxygen atoms in total. The van der Waals surface area contributed by atoms with Crippen LogP contribution < -0.4 is 0 Å². The summed E-state index contributed by atoms with van der Waals surface area (Å²) in [5.74, 6) is -0.515. The van der Waals surface area contributed by atoms with Crippen molar-refractivity contribution in [3.63, 3.8) is 0 Å². The van der Waals surface area contributed by atoms with E-state index in [9.17, 15) is 18.7 Å². The number of carbonyl (C=O) groups is 1. The van der Waals surface area contributed by atoms with Crippen LogP contribution in [0, 0.1) is 0 Å². The van der Waals surface area contributed by atoms with E-state index in [1.54, 1.807) is 0 Å². The summed E-state index contributed by atoms with van der Waals surface area (Å²) in [5, 5.41) is 9.64. The van der Waals surface area contributed by atoms with Crippen LogP contribution in [0.15, 0.2) is 16.5 Å². The normalized spacial score (nSPS) is 12.7.